The summed E-state index contributed by atoms with van der Waals surface area (Å²) in [5.41, 5.74) is 3.26. The van der Waals surface area contributed by atoms with Crippen LogP contribution in [-0.4, -0.2) is 72.9 Å². The van der Waals surface area contributed by atoms with E-state index in [4.69, 9.17) is 4.74 Å². The van der Waals surface area contributed by atoms with Crippen LogP contribution < -0.4 is 4.74 Å². The normalized spacial score (nSPS) is 21.7. The summed E-state index contributed by atoms with van der Waals surface area (Å²) in [7, 11) is 1.65. The third-order valence-corrected chi connectivity index (χ3v) is 10.2. The van der Waals surface area contributed by atoms with Crippen LogP contribution in [0.25, 0.3) is 0 Å². The summed E-state index contributed by atoms with van der Waals surface area (Å²) in [5, 5.41) is 0. The van der Waals surface area contributed by atoms with Crippen LogP contribution in [0.3, 0.4) is 0 Å². The van der Waals surface area contributed by atoms with Crippen molar-refractivity contribution in [1.82, 2.24) is 14.7 Å². The van der Waals surface area contributed by atoms with Gasteiger partial charge in [-0.3, -0.25) is 9.59 Å². The van der Waals surface area contributed by atoms with E-state index < -0.39 is 0 Å². The van der Waals surface area contributed by atoms with E-state index in [0.29, 0.717) is 30.7 Å². The Hall–Kier alpha value is -2.87. The first-order valence-corrected chi connectivity index (χ1v) is 15.9. The summed E-state index contributed by atoms with van der Waals surface area (Å²) >= 11 is 3.50. The molecule has 3 fully saturated rings. The largest absolute Gasteiger partial charge is 0.497 e. The number of hydrogen-bond acceptors (Lipinski definition) is 4. The van der Waals surface area contributed by atoms with Crippen LogP contribution in [0.2, 0.25) is 0 Å². The van der Waals surface area contributed by atoms with Gasteiger partial charge in [-0.2, -0.15) is 0 Å². The Balaban J connectivity index is 0.00000368. The van der Waals surface area contributed by atoms with E-state index in [2.05, 4.69) is 73.1 Å². The Kier molecular flexibility index (Phi) is 10.2. The summed E-state index contributed by atoms with van der Waals surface area (Å²) < 4.78 is 6.42. The van der Waals surface area contributed by atoms with Gasteiger partial charge in [0.05, 0.1) is 18.9 Å². The number of carbonyl (C=O) groups excluding carboxylic acids is 2. The number of nitrogens with zero attached hydrogens (tertiary/aromatic N) is 3. The van der Waals surface area contributed by atoms with Crippen molar-refractivity contribution in [1.29, 1.82) is 0 Å². The topological polar surface area (TPSA) is 53.1 Å². The molecule has 0 saturated carbocycles. The van der Waals surface area contributed by atoms with Gasteiger partial charge in [-0.1, -0.05) is 70.5 Å². The van der Waals surface area contributed by atoms with Gasteiger partial charge in [0.2, 0.25) is 11.8 Å². The molecule has 3 saturated heterocycles. The van der Waals surface area contributed by atoms with Crippen molar-refractivity contribution in [2.24, 2.45) is 11.3 Å². The third kappa shape index (κ3) is 7.11. The predicted octanol–water partition coefficient (Wildman–Crippen LogP) is 6.18. The lowest BCUT2D eigenvalue weighted by molar-refractivity contribution is -0.139. The first kappa shape index (κ1) is 31.6. The monoisotopic (exact) mass is 665 g/mol. The SMILES string of the molecule is COc1cccc(CC(=O)N2C[C@H](CN3CCC4(CC3)CCN(Cc3ccc(Br)cc3)C4=O)[C@@H](c3ccccc3)C2)c1.Cl. The number of piperidine rings is 1. The van der Waals surface area contributed by atoms with Crippen LogP contribution in [0.5, 0.6) is 5.75 Å². The van der Waals surface area contributed by atoms with E-state index in [1.54, 1.807) is 7.11 Å². The Morgan fingerprint density at radius 2 is 1.63 bits per heavy atom. The zero-order valence-electron chi connectivity index (χ0n) is 24.8. The summed E-state index contributed by atoms with van der Waals surface area (Å²) in [6.45, 7) is 5.88. The first-order chi connectivity index (χ1) is 20.4. The Morgan fingerprint density at radius 3 is 2.35 bits per heavy atom. The van der Waals surface area contributed by atoms with Crippen molar-refractivity contribution in [2.75, 3.05) is 46.4 Å². The number of carbonyl (C=O) groups is 2. The van der Waals surface area contributed by atoms with Crippen molar-refractivity contribution in [2.45, 2.75) is 38.1 Å². The summed E-state index contributed by atoms with van der Waals surface area (Å²) in [6.07, 6.45) is 3.18. The molecule has 0 unspecified atom stereocenters. The smallest absolute Gasteiger partial charge is 0.229 e. The molecule has 0 N–H and O–H groups in total. The molecular formula is C35H41BrClN3O3. The highest BCUT2D eigenvalue weighted by Gasteiger charge is 2.48. The molecule has 2 amide bonds. The fourth-order valence-electron chi connectivity index (χ4n) is 7.22. The third-order valence-electron chi connectivity index (χ3n) is 9.70. The number of hydrogen-bond donors (Lipinski definition) is 0. The molecule has 6 nitrogen and oxygen atoms in total. The van der Waals surface area contributed by atoms with E-state index in [0.717, 1.165) is 74.3 Å². The highest BCUT2D eigenvalue weighted by Crippen LogP contribution is 2.43. The van der Waals surface area contributed by atoms with Gasteiger partial charge >= 0.3 is 0 Å². The van der Waals surface area contributed by atoms with Crippen molar-refractivity contribution in [3.8, 4) is 5.75 Å². The summed E-state index contributed by atoms with van der Waals surface area (Å²) in [4.78, 5) is 33.7. The van der Waals surface area contributed by atoms with E-state index >= 15 is 0 Å². The number of halogens is 2. The quantitative estimate of drug-likeness (QED) is 0.288. The second-order valence-electron chi connectivity index (χ2n) is 12.3. The molecule has 3 heterocycles. The zero-order chi connectivity index (χ0) is 29.1. The number of amides is 2. The molecule has 3 aromatic rings. The molecule has 1 spiro atoms. The van der Waals surface area contributed by atoms with Crippen LogP contribution in [0.15, 0.2) is 83.3 Å². The highest BCUT2D eigenvalue weighted by molar-refractivity contribution is 9.10. The molecule has 228 valence electrons. The molecule has 0 bridgehead atoms. The molecule has 0 aliphatic carbocycles. The van der Waals surface area contributed by atoms with Gasteiger partial charge in [-0.25, -0.2) is 0 Å². The molecular weight excluding hydrogens is 626 g/mol. The molecule has 3 aliphatic rings. The van der Waals surface area contributed by atoms with Crippen molar-refractivity contribution in [3.63, 3.8) is 0 Å². The average Bonchev–Trinajstić information content (AvgIpc) is 3.57. The van der Waals surface area contributed by atoms with Gasteiger partial charge in [0.25, 0.3) is 0 Å². The maximum Gasteiger partial charge on any atom is 0.229 e. The van der Waals surface area contributed by atoms with E-state index in [9.17, 15) is 9.59 Å². The van der Waals surface area contributed by atoms with E-state index in [-0.39, 0.29) is 23.7 Å². The molecule has 2 atom stereocenters. The number of methoxy groups -OCH3 is 1. The lowest BCUT2D eigenvalue weighted by Crippen LogP contribution is -2.46. The van der Waals surface area contributed by atoms with Gasteiger partial charge in [0.1, 0.15) is 5.75 Å². The van der Waals surface area contributed by atoms with Crippen LogP contribution in [0, 0.1) is 11.3 Å². The minimum Gasteiger partial charge on any atom is -0.497 e. The highest BCUT2D eigenvalue weighted by atomic mass is 79.9. The number of likely N-dealkylation sites (tertiary alicyclic amines) is 3. The van der Waals surface area contributed by atoms with Gasteiger partial charge in [-0.05, 0) is 79.2 Å². The summed E-state index contributed by atoms with van der Waals surface area (Å²) in [6, 6.07) is 26.8. The average molecular weight is 667 g/mol. The minimum absolute atomic E-state index is 0. The van der Waals surface area contributed by atoms with Gasteiger partial charge in [-0.15, -0.1) is 12.4 Å². The molecule has 3 aliphatic heterocycles. The number of ether oxygens (including phenoxy) is 1. The van der Waals surface area contributed by atoms with Crippen LogP contribution in [0.1, 0.15) is 41.9 Å². The fourth-order valence-corrected chi connectivity index (χ4v) is 7.48. The van der Waals surface area contributed by atoms with Crippen molar-refractivity contribution in [3.05, 3.63) is 100 Å². The maximum absolute atomic E-state index is 13.6. The minimum atomic E-state index is -0.209. The molecule has 3 aromatic carbocycles. The first-order valence-electron chi connectivity index (χ1n) is 15.1. The van der Waals surface area contributed by atoms with Crippen LogP contribution in [0.4, 0.5) is 0 Å². The second kappa shape index (κ2) is 13.8. The Morgan fingerprint density at radius 1 is 0.907 bits per heavy atom. The molecule has 0 aromatic heterocycles. The van der Waals surface area contributed by atoms with Crippen molar-refractivity contribution < 1.29 is 14.3 Å². The van der Waals surface area contributed by atoms with Crippen LogP contribution in [-0.2, 0) is 22.6 Å². The number of rotatable bonds is 8. The molecule has 6 rings (SSSR count). The molecule has 8 heteroatoms. The lowest BCUT2D eigenvalue weighted by Gasteiger charge is -2.39. The van der Waals surface area contributed by atoms with E-state index in [1.807, 2.05) is 36.4 Å². The van der Waals surface area contributed by atoms with E-state index in [1.165, 1.54) is 11.1 Å². The Bertz CT molecular complexity index is 1390. The lowest BCUT2D eigenvalue weighted by atomic mass is 9.76. The molecule has 0 radical (unpaired) electrons. The standard InChI is InChI=1S/C35H40BrN3O3.ClH/c1-42-31-9-5-6-27(20-31)21-33(40)39-24-29(32(25-39)28-7-3-2-4-8-28)23-37-17-14-35(15-18-37)16-19-38(34(35)41)22-26-10-12-30(36)13-11-26;/h2-13,20,29,32H,14-19,21-25H2,1H3;1H/t29-,32+;/m0./s1. The zero-order valence-corrected chi connectivity index (χ0v) is 27.2. The Labute approximate surface area is 269 Å². The molecule has 43 heavy (non-hydrogen) atoms. The maximum atomic E-state index is 13.6. The van der Waals surface area contributed by atoms with Gasteiger partial charge in [0.15, 0.2) is 0 Å². The predicted molar refractivity (Wildman–Crippen MR) is 175 cm³/mol. The fraction of sp³-hybridized carbons (Fsp3) is 0.429. The van der Waals surface area contributed by atoms with Crippen molar-refractivity contribution >= 4 is 40.2 Å². The van der Waals surface area contributed by atoms with Crippen LogP contribution >= 0.6 is 28.3 Å². The number of benzene rings is 3. The van der Waals surface area contributed by atoms with Gasteiger partial charge in [0, 0.05) is 43.1 Å². The van der Waals surface area contributed by atoms with Gasteiger partial charge < -0.3 is 19.4 Å². The summed E-state index contributed by atoms with van der Waals surface area (Å²) in [5.74, 6) is 1.96. The second-order valence-corrected chi connectivity index (χ2v) is 13.2.